The summed E-state index contributed by atoms with van der Waals surface area (Å²) in [5, 5.41) is 0. The van der Waals surface area contributed by atoms with Gasteiger partial charge in [-0.3, -0.25) is 19.6 Å². The van der Waals surface area contributed by atoms with Gasteiger partial charge in [0, 0.05) is 12.4 Å². The van der Waals surface area contributed by atoms with Crippen molar-refractivity contribution in [2.24, 2.45) is 10.8 Å². The lowest BCUT2D eigenvalue weighted by atomic mass is 9.58. The maximum atomic E-state index is 13.1. The second-order valence-electron chi connectivity index (χ2n) is 7.34. The number of hydrogen-bond acceptors (Lipinski definition) is 2. The number of ketones is 1. The fourth-order valence-electron chi connectivity index (χ4n) is 5.41. The molecular weight excluding hydrogens is 262 g/mol. The topological polar surface area (TPSA) is 38.8 Å². The van der Waals surface area contributed by atoms with Gasteiger partial charge in [-0.2, -0.15) is 0 Å². The Balaban J connectivity index is 1.76. The molecule has 0 amide bonds. The van der Waals surface area contributed by atoms with Crippen LogP contribution in [-0.2, 0) is 4.79 Å². The van der Waals surface area contributed by atoms with Gasteiger partial charge in [0.2, 0.25) is 6.17 Å². The van der Waals surface area contributed by atoms with Gasteiger partial charge < -0.3 is 0 Å². The van der Waals surface area contributed by atoms with Crippen molar-refractivity contribution in [2.45, 2.75) is 32.9 Å². The molecule has 0 radical (unpaired) electrons. The molecule has 1 aromatic rings. The Kier molecular flexibility index (Phi) is 2.79. The van der Waals surface area contributed by atoms with E-state index in [1.807, 2.05) is 18.5 Å². The minimum Gasteiger partial charge on any atom is -0.297 e. The standard InChI is InChI=1S/C17H23N3O/c1-3-16-9-19-11-17(4-2,15(16)21)12-20(10-16)14(19)13-6-5-7-18-8-13/h5-8,14H,3-4,9-12H2,1-2H3/p+2. The SMILES string of the molecule is CCC12C[NH+]3CC(CC)(C[NH+](C1)C3c1cccnc1)C2=O. The highest BCUT2D eigenvalue weighted by atomic mass is 16.1. The van der Waals surface area contributed by atoms with Gasteiger partial charge in [0.1, 0.15) is 37.0 Å². The lowest BCUT2D eigenvalue weighted by Crippen LogP contribution is -3.41. The monoisotopic (exact) mass is 287 g/mol. The zero-order chi connectivity index (χ0) is 14.7. The van der Waals surface area contributed by atoms with Crippen LogP contribution in [0, 0.1) is 10.8 Å². The summed E-state index contributed by atoms with van der Waals surface area (Å²) in [4.78, 5) is 20.6. The number of hydrogen-bond donors (Lipinski definition) is 2. The van der Waals surface area contributed by atoms with Crippen LogP contribution in [0.3, 0.4) is 0 Å². The number of quaternary nitrogens is 2. The number of carbonyl (C=O) groups is 1. The molecule has 0 spiro atoms. The fraction of sp³-hybridized carbons (Fsp3) is 0.647. The van der Waals surface area contributed by atoms with E-state index in [1.165, 1.54) is 5.56 Å². The molecule has 2 N–H and O–H groups in total. The van der Waals surface area contributed by atoms with E-state index in [-0.39, 0.29) is 10.8 Å². The van der Waals surface area contributed by atoms with Crippen molar-refractivity contribution in [1.82, 2.24) is 4.98 Å². The number of carbonyl (C=O) groups excluding carboxylic acids is 1. The maximum absolute atomic E-state index is 13.1. The van der Waals surface area contributed by atoms with Crippen LogP contribution in [0.15, 0.2) is 24.5 Å². The van der Waals surface area contributed by atoms with Crippen LogP contribution in [0.2, 0.25) is 0 Å². The maximum Gasteiger partial charge on any atom is 0.241 e. The van der Waals surface area contributed by atoms with Gasteiger partial charge in [-0.15, -0.1) is 0 Å². The molecule has 0 saturated carbocycles. The van der Waals surface area contributed by atoms with Crippen LogP contribution in [0.25, 0.3) is 0 Å². The average Bonchev–Trinajstić information content (AvgIpc) is 2.52. The molecule has 0 atom stereocenters. The first-order chi connectivity index (χ1) is 10.1. The van der Waals surface area contributed by atoms with Gasteiger partial charge in [-0.05, 0) is 25.0 Å². The van der Waals surface area contributed by atoms with Crippen molar-refractivity contribution in [3.8, 4) is 0 Å². The Labute approximate surface area is 126 Å². The predicted octanol–water partition coefficient (Wildman–Crippen LogP) is -0.747. The molecule has 5 heterocycles. The largest absolute Gasteiger partial charge is 0.297 e. The van der Waals surface area contributed by atoms with Crippen molar-refractivity contribution in [1.29, 1.82) is 0 Å². The van der Waals surface area contributed by atoms with Gasteiger partial charge >= 0.3 is 0 Å². The third-order valence-electron chi connectivity index (χ3n) is 6.41. The highest BCUT2D eigenvalue weighted by Crippen LogP contribution is 2.40. The quantitative estimate of drug-likeness (QED) is 0.768. The molecule has 1 aromatic heterocycles. The van der Waals surface area contributed by atoms with Gasteiger partial charge in [0.15, 0.2) is 5.78 Å². The van der Waals surface area contributed by atoms with Crippen LogP contribution in [0.1, 0.15) is 38.4 Å². The molecule has 4 aliphatic heterocycles. The van der Waals surface area contributed by atoms with Gasteiger partial charge in [0.25, 0.3) is 0 Å². The second kappa shape index (κ2) is 4.37. The third kappa shape index (κ3) is 1.63. The van der Waals surface area contributed by atoms with Crippen LogP contribution in [0.5, 0.6) is 0 Å². The van der Waals surface area contributed by atoms with Crippen LogP contribution >= 0.6 is 0 Å². The number of nitrogens with one attached hydrogen (secondary N) is 2. The number of piperidine rings is 2. The molecule has 5 rings (SSSR count). The molecule has 4 bridgehead atoms. The number of nitrogens with zero attached hydrogens (tertiary/aromatic N) is 1. The molecular formula is C17H25N3O+2. The number of Topliss-reactive ketones (excluding diaryl/α,β-unsaturated/α-hetero) is 1. The Bertz CT molecular complexity index is 529. The minimum absolute atomic E-state index is 0.0596. The van der Waals surface area contributed by atoms with Crippen molar-refractivity contribution in [2.75, 3.05) is 26.2 Å². The van der Waals surface area contributed by atoms with Crippen LogP contribution < -0.4 is 9.80 Å². The highest BCUT2D eigenvalue weighted by Gasteiger charge is 2.70. The van der Waals surface area contributed by atoms with Crippen molar-refractivity contribution < 1.29 is 14.6 Å². The summed E-state index contributed by atoms with van der Waals surface area (Å²) < 4.78 is 0. The van der Waals surface area contributed by atoms with E-state index in [0.717, 1.165) is 39.0 Å². The Hall–Kier alpha value is -1.26. The van der Waals surface area contributed by atoms with E-state index in [0.29, 0.717) is 11.9 Å². The normalized spacial score (nSPS) is 44.3. The van der Waals surface area contributed by atoms with Crippen molar-refractivity contribution in [3.63, 3.8) is 0 Å². The van der Waals surface area contributed by atoms with E-state index < -0.39 is 0 Å². The summed E-state index contributed by atoms with van der Waals surface area (Å²) in [6.07, 6.45) is 6.35. The second-order valence-corrected chi connectivity index (χ2v) is 7.34. The number of aromatic nitrogens is 1. The predicted molar refractivity (Wildman–Crippen MR) is 78.8 cm³/mol. The van der Waals surface area contributed by atoms with E-state index in [4.69, 9.17) is 0 Å². The van der Waals surface area contributed by atoms with E-state index in [1.54, 1.807) is 9.80 Å². The molecule has 112 valence electrons. The first kappa shape index (κ1) is 13.4. The average molecular weight is 287 g/mol. The first-order valence-electron chi connectivity index (χ1n) is 8.28. The summed E-state index contributed by atoms with van der Waals surface area (Å²) in [6, 6.07) is 4.25. The highest BCUT2D eigenvalue weighted by molar-refractivity contribution is 5.92. The van der Waals surface area contributed by atoms with Crippen molar-refractivity contribution >= 4 is 5.78 Å². The molecule has 4 aliphatic rings. The van der Waals surface area contributed by atoms with Gasteiger partial charge in [-0.25, -0.2) is 0 Å². The van der Waals surface area contributed by atoms with Gasteiger partial charge in [0.05, 0.1) is 5.56 Å². The summed E-state index contributed by atoms with van der Waals surface area (Å²) >= 11 is 0. The smallest absolute Gasteiger partial charge is 0.241 e. The Morgan fingerprint density at radius 1 is 1.14 bits per heavy atom. The molecule has 4 heteroatoms. The Morgan fingerprint density at radius 2 is 1.71 bits per heavy atom. The third-order valence-corrected chi connectivity index (χ3v) is 6.41. The van der Waals surface area contributed by atoms with Gasteiger partial charge in [-0.1, -0.05) is 13.8 Å². The number of rotatable bonds is 3. The summed E-state index contributed by atoms with van der Waals surface area (Å²) in [5.74, 6) is 0.581. The van der Waals surface area contributed by atoms with E-state index in [9.17, 15) is 4.79 Å². The molecule has 0 unspecified atom stereocenters. The van der Waals surface area contributed by atoms with E-state index >= 15 is 0 Å². The molecule has 0 aliphatic carbocycles. The van der Waals surface area contributed by atoms with Crippen molar-refractivity contribution in [3.05, 3.63) is 30.1 Å². The summed E-state index contributed by atoms with van der Waals surface area (Å²) in [5.41, 5.74) is 1.22. The Morgan fingerprint density at radius 3 is 2.14 bits per heavy atom. The van der Waals surface area contributed by atoms with E-state index in [2.05, 4.69) is 24.9 Å². The fourth-order valence-corrected chi connectivity index (χ4v) is 5.41. The molecule has 21 heavy (non-hydrogen) atoms. The summed E-state index contributed by atoms with van der Waals surface area (Å²) in [7, 11) is 0. The molecule has 0 aromatic carbocycles. The molecule has 4 fully saturated rings. The lowest BCUT2D eigenvalue weighted by Gasteiger charge is -2.60. The first-order valence-corrected chi connectivity index (χ1v) is 8.28. The molecule has 4 saturated heterocycles. The lowest BCUT2D eigenvalue weighted by molar-refractivity contribution is -1.18. The zero-order valence-electron chi connectivity index (χ0n) is 13.0. The van der Waals surface area contributed by atoms with Crippen LogP contribution in [0.4, 0.5) is 0 Å². The van der Waals surface area contributed by atoms with Crippen LogP contribution in [-0.4, -0.2) is 36.9 Å². The zero-order valence-corrected chi connectivity index (χ0v) is 13.0. The number of pyridine rings is 1. The molecule has 4 nitrogen and oxygen atoms in total. The summed E-state index contributed by atoms with van der Waals surface area (Å²) in [6.45, 7) is 8.49. The minimum atomic E-state index is -0.0596.